The van der Waals surface area contributed by atoms with Gasteiger partial charge in [-0.3, -0.25) is 0 Å². The summed E-state index contributed by atoms with van der Waals surface area (Å²) in [5.41, 5.74) is 2.34. The van der Waals surface area contributed by atoms with E-state index in [2.05, 4.69) is 29.6 Å². The number of aromatic nitrogens is 1. The molecule has 3 rings (SSSR count). The van der Waals surface area contributed by atoms with Crippen LogP contribution >= 0.6 is 11.3 Å². The van der Waals surface area contributed by atoms with E-state index in [0.29, 0.717) is 0 Å². The van der Waals surface area contributed by atoms with Gasteiger partial charge in [0, 0.05) is 36.6 Å². The van der Waals surface area contributed by atoms with Crippen molar-refractivity contribution in [2.24, 2.45) is 0 Å². The average Bonchev–Trinajstić information content (AvgIpc) is 3.23. The minimum absolute atomic E-state index is 0.725. The Morgan fingerprint density at radius 1 is 1.30 bits per heavy atom. The van der Waals surface area contributed by atoms with Crippen molar-refractivity contribution in [2.45, 2.75) is 31.8 Å². The summed E-state index contributed by atoms with van der Waals surface area (Å²) < 4.78 is 5.16. The smallest absolute Gasteiger partial charge is 0.0958 e. The molecule has 1 fully saturated rings. The monoisotopic (exact) mass is 288 g/mol. The molecular formula is C16H20N2OS. The number of hydrogen-bond acceptors (Lipinski definition) is 4. The second-order valence-corrected chi connectivity index (χ2v) is 6.31. The molecule has 0 bridgehead atoms. The normalized spacial score (nSPS) is 14.7. The summed E-state index contributed by atoms with van der Waals surface area (Å²) in [5.74, 6) is 0. The molecule has 0 radical (unpaired) electrons. The molecular weight excluding hydrogens is 268 g/mol. The molecule has 1 heterocycles. The molecule has 1 aliphatic rings. The van der Waals surface area contributed by atoms with Gasteiger partial charge in [0.05, 0.1) is 17.3 Å². The minimum atomic E-state index is 0.725. The quantitative estimate of drug-likeness (QED) is 0.849. The van der Waals surface area contributed by atoms with Crippen LogP contribution in [0.2, 0.25) is 0 Å². The fraction of sp³-hybridized carbons (Fsp3) is 0.438. The summed E-state index contributed by atoms with van der Waals surface area (Å²) in [6, 6.07) is 11.2. The molecule has 106 valence electrons. The summed E-state index contributed by atoms with van der Waals surface area (Å²) in [5, 5.41) is 4.76. The number of nitrogens with one attached hydrogen (secondary N) is 1. The van der Waals surface area contributed by atoms with Crippen LogP contribution in [0.3, 0.4) is 0 Å². The molecule has 0 spiro atoms. The second kappa shape index (κ2) is 6.48. The molecule has 1 saturated carbocycles. The molecule has 0 aliphatic heterocycles. The Morgan fingerprint density at radius 3 is 2.80 bits per heavy atom. The van der Waals surface area contributed by atoms with Gasteiger partial charge in [0.1, 0.15) is 0 Å². The van der Waals surface area contributed by atoms with Crippen LogP contribution in [0.15, 0.2) is 30.3 Å². The Morgan fingerprint density at radius 2 is 2.10 bits per heavy atom. The molecule has 3 nitrogen and oxygen atoms in total. The highest BCUT2D eigenvalue weighted by Crippen LogP contribution is 2.29. The van der Waals surface area contributed by atoms with E-state index in [1.807, 2.05) is 17.4 Å². The fourth-order valence-electron chi connectivity index (χ4n) is 2.16. The number of methoxy groups -OCH3 is 1. The first-order valence-corrected chi connectivity index (χ1v) is 7.95. The van der Waals surface area contributed by atoms with Gasteiger partial charge in [0.2, 0.25) is 0 Å². The summed E-state index contributed by atoms with van der Waals surface area (Å²) in [4.78, 5) is 6.16. The number of ether oxygens (including phenoxy) is 1. The number of hydrogen-bond donors (Lipinski definition) is 1. The van der Waals surface area contributed by atoms with Gasteiger partial charge in [0.15, 0.2) is 0 Å². The standard InChI is InChI=1S/C16H20N2OS/c1-19-10-9-15-18-16(12-5-3-2-4-6-12)14(20-15)11-17-13-7-8-13/h2-6,13,17H,7-11H2,1H3. The van der Waals surface area contributed by atoms with E-state index in [4.69, 9.17) is 9.72 Å². The second-order valence-electron chi connectivity index (χ2n) is 5.14. The first-order valence-electron chi connectivity index (χ1n) is 7.13. The maximum Gasteiger partial charge on any atom is 0.0958 e. The largest absolute Gasteiger partial charge is 0.384 e. The van der Waals surface area contributed by atoms with E-state index in [1.165, 1.54) is 28.3 Å². The van der Waals surface area contributed by atoms with Gasteiger partial charge in [-0.2, -0.15) is 0 Å². The molecule has 0 saturated heterocycles. The number of rotatable bonds is 7. The van der Waals surface area contributed by atoms with Gasteiger partial charge in [-0.25, -0.2) is 4.98 Å². The van der Waals surface area contributed by atoms with Crippen LogP contribution in [0, 0.1) is 0 Å². The van der Waals surface area contributed by atoms with Crippen molar-refractivity contribution in [3.05, 3.63) is 40.2 Å². The third-order valence-corrected chi connectivity index (χ3v) is 4.55. The molecule has 1 aromatic carbocycles. The van der Waals surface area contributed by atoms with E-state index >= 15 is 0 Å². The van der Waals surface area contributed by atoms with Crippen molar-refractivity contribution < 1.29 is 4.74 Å². The molecule has 0 atom stereocenters. The molecule has 4 heteroatoms. The first-order chi connectivity index (χ1) is 9.86. The summed E-state index contributed by atoms with van der Waals surface area (Å²) in [7, 11) is 1.74. The first kappa shape index (κ1) is 13.7. The maximum absolute atomic E-state index is 5.16. The molecule has 1 aromatic heterocycles. The molecule has 1 aliphatic carbocycles. The predicted octanol–water partition coefficient (Wildman–Crippen LogP) is 3.25. The van der Waals surface area contributed by atoms with Crippen LogP contribution in [0.1, 0.15) is 22.7 Å². The molecule has 0 unspecified atom stereocenters. The molecule has 2 aromatic rings. The SMILES string of the molecule is COCCc1nc(-c2ccccc2)c(CNC2CC2)s1. The Bertz CT molecular complexity index is 549. The Balaban J connectivity index is 1.82. The average molecular weight is 288 g/mol. The predicted molar refractivity (Wildman–Crippen MR) is 83.0 cm³/mol. The van der Waals surface area contributed by atoms with Crippen molar-refractivity contribution in [1.82, 2.24) is 10.3 Å². The van der Waals surface area contributed by atoms with E-state index < -0.39 is 0 Å². The lowest BCUT2D eigenvalue weighted by Crippen LogP contribution is -2.14. The summed E-state index contributed by atoms with van der Waals surface area (Å²) in [6.45, 7) is 1.66. The lowest BCUT2D eigenvalue weighted by Gasteiger charge is -2.03. The molecule has 20 heavy (non-hydrogen) atoms. The highest BCUT2D eigenvalue weighted by molar-refractivity contribution is 7.12. The van der Waals surface area contributed by atoms with E-state index in [1.54, 1.807) is 7.11 Å². The Hall–Kier alpha value is -1.23. The van der Waals surface area contributed by atoms with Gasteiger partial charge < -0.3 is 10.1 Å². The molecule has 1 N–H and O–H groups in total. The summed E-state index contributed by atoms with van der Waals surface area (Å²) >= 11 is 1.81. The van der Waals surface area contributed by atoms with E-state index in [9.17, 15) is 0 Å². The van der Waals surface area contributed by atoms with Crippen LogP contribution in [-0.4, -0.2) is 24.7 Å². The Kier molecular flexibility index (Phi) is 4.45. The lowest BCUT2D eigenvalue weighted by atomic mass is 10.1. The zero-order valence-corrected chi connectivity index (χ0v) is 12.6. The maximum atomic E-state index is 5.16. The van der Waals surface area contributed by atoms with Crippen molar-refractivity contribution in [1.29, 1.82) is 0 Å². The highest BCUT2D eigenvalue weighted by Gasteiger charge is 2.21. The van der Waals surface area contributed by atoms with Crippen LogP contribution in [0.25, 0.3) is 11.3 Å². The van der Waals surface area contributed by atoms with Gasteiger partial charge in [0.25, 0.3) is 0 Å². The van der Waals surface area contributed by atoms with E-state index in [-0.39, 0.29) is 0 Å². The zero-order valence-electron chi connectivity index (χ0n) is 11.8. The Labute approximate surface area is 124 Å². The lowest BCUT2D eigenvalue weighted by molar-refractivity contribution is 0.202. The third kappa shape index (κ3) is 3.45. The van der Waals surface area contributed by atoms with Crippen LogP contribution in [0.4, 0.5) is 0 Å². The number of thiazole rings is 1. The van der Waals surface area contributed by atoms with Gasteiger partial charge in [-0.05, 0) is 12.8 Å². The van der Waals surface area contributed by atoms with Crippen molar-refractivity contribution >= 4 is 11.3 Å². The van der Waals surface area contributed by atoms with Crippen LogP contribution < -0.4 is 5.32 Å². The topological polar surface area (TPSA) is 34.1 Å². The minimum Gasteiger partial charge on any atom is -0.384 e. The number of nitrogens with zero attached hydrogens (tertiary/aromatic N) is 1. The third-order valence-electron chi connectivity index (χ3n) is 3.44. The van der Waals surface area contributed by atoms with Crippen LogP contribution in [0.5, 0.6) is 0 Å². The van der Waals surface area contributed by atoms with Crippen molar-refractivity contribution in [2.75, 3.05) is 13.7 Å². The fourth-order valence-corrected chi connectivity index (χ4v) is 3.19. The number of benzene rings is 1. The van der Waals surface area contributed by atoms with Crippen molar-refractivity contribution in [3.8, 4) is 11.3 Å². The van der Waals surface area contributed by atoms with E-state index in [0.717, 1.165) is 31.3 Å². The van der Waals surface area contributed by atoms with Gasteiger partial charge in [-0.15, -0.1) is 11.3 Å². The van der Waals surface area contributed by atoms with Crippen LogP contribution in [-0.2, 0) is 17.7 Å². The zero-order chi connectivity index (χ0) is 13.8. The highest BCUT2D eigenvalue weighted by atomic mass is 32.1. The van der Waals surface area contributed by atoms with Crippen molar-refractivity contribution in [3.63, 3.8) is 0 Å². The van der Waals surface area contributed by atoms with Gasteiger partial charge in [-0.1, -0.05) is 30.3 Å². The molecule has 0 amide bonds. The van der Waals surface area contributed by atoms with Gasteiger partial charge >= 0.3 is 0 Å². The summed E-state index contributed by atoms with van der Waals surface area (Å²) in [6.07, 6.45) is 3.52.